The number of benzene rings is 1. The molecule has 0 spiro atoms. The van der Waals surface area contributed by atoms with Crippen molar-refractivity contribution in [2.45, 2.75) is 38.6 Å². The zero-order chi connectivity index (χ0) is 14.1. The molecular formula is C16H17BrNOS+. The Bertz CT molecular complexity index is 632. The number of thiazole rings is 1. The van der Waals surface area contributed by atoms with E-state index >= 15 is 0 Å². The van der Waals surface area contributed by atoms with E-state index in [2.05, 4.69) is 26.0 Å². The van der Waals surface area contributed by atoms with E-state index in [-0.39, 0.29) is 11.8 Å². The van der Waals surface area contributed by atoms with Gasteiger partial charge in [0.1, 0.15) is 0 Å². The van der Waals surface area contributed by atoms with Gasteiger partial charge in [-0.05, 0) is 31.4 Å². The van der Waals surface area contributed by atoms with E-state index in [1.54, 1.807) is 11.3 Å². The van der Waals surface area contributed by atoms with Crippen molar-refractivity contribution in [3.63, 3.8) is 0 Å². The van der Waals surface area contributed by atoms with Crippen LogP contribution in [0.3, 0.4) is 0 Å². The van der Waals surface area contributed by atoms with Gasteiger partial charge in [0.25, 0.3) is 0 Å². The number of nitrogens with zero attached hydrogens (tertiary/aromatic N) is 1. The minimum Gasteiger partial charge on any atom is -0.287 e. The van der Waals surface area contributed by atoms with Gasteiger partial charge < -0.3 is 0 Å². The minimum atomic E-state index is -0.116. The van der Waals surface area contributed by atoms with Gasteiger partial charge in [0.2, 0.25) is 17.3 Å². The Hall–Kier alpha value is -1.00. The summed E-state index contributed by atoms with van der Waals surface area (Å²) < 4.78 is 3.19. The van der Waals surface area contributed by atoms with E-state index in [9.17, 15) is 4.79 Å². The number of ketones is 1. The summed E-state index contributed by atoms with van der Waals surface area (Å²) in [5.74, 6) is 0.189. The van der Waals surface area contributed by atoms with Gasteiger partial charge in [-0.3, -0.25) is 4.79 Å². The molecule has 20 heavy (non-hydrogen) atoms. The second-order valence-electron chi connectivity index (χ2n) is 5.25. The Labute approximate surface area is 131 Å². The largest absolute Gasteiger partial charge is 0.287 e. The van der Waals surface area contributed by atoms with Crippen molar-refractivity contribution in [1.82, 2.24) is 0 Å². The lowest BCUT2D eigenvalue weighted by molar-refractivity contribution is -0.707. The molecule has 0 bridgehead atoms. The van der Waals surface area contributed by atoms with Crippen molar-refractivity contribution < 1.29 is 9.36 Å². The van der Waals surface area contributed by atoms with Crippen LogP contribution in [0.25, 0.3) is 0 Å². The quantitative estimate of drug-likeness (QED) is 0.602. The van der Waals surface area contributed by atoms with E-state index in [0.717, 1.165) is 16.5 Å². The van der Waals surface area contributed by atoms with Crippen molar-refractivity contribution in [3.8, 4) is 0 Å². The molecule has 1 atom stereocenters. The van der Waals surface area contributed by atoms with Crippen LogP contribution >= 0.6 is 27.3 Å². The molecule has 2 nitrogen and oxygen atoms in total. The van der Waals surface area contributed by atoms with Crippen molar-refractivity contribution in [2.75, 3.05) is 0 Å². The van der Waals surface area contributed by atoms with Crippen molar-refractivity contribution >= 4 is 33.0 Å². The highest BCUT2D eigenvalue weighted by Crippen LogP contribution is 2.24. The molecule has 0 amide bonds. The number of carbonyl (C=O) groups excluding carboxylic acids is 1. The Balaban J connectivity index is 1.88. The number of carbonyl (C=O) groups is 1. The van der Waals surface area contributed by atoms with Gasteiger partial charge in [-0.25, -0.2) is 0 Å². The van der Waals surface area contributed by atoms with Crippen LogP contribution in [0.15, 0.2) is 34.2 Å². The predicted molar refractivity (Wildman–Crippen MR) is 84.3 cm³/mol. The lowest BCUT2D eigenvalue weighted by Gasteiger charge is -2.11. The van der Waals surface area contributed by atoms with Crippen LogP contribution in [0, 0.1) is 0 Å². The molecule has 104 valence electrons. The highest BCUT2D eigenvalue weighted by molar-refractivity contribution is 9.10. The number of hydrogen-bond acceptors (Lipinski definition) is 2. The van der Waals surface area contributed by atoms with Crippen LogP contribution in [0.5, 0.6) is 0 Å². The fourth-order valence-electron chi connectivity index (χ4n) is 2.75. The maximum atomic E-state index is 12.6. The first-order valence-electron chi connectivity index (χ1n) is 6.97. The third kappa shape index (κ3) is 2.59. The van der Waals surface area contributed by atoms with E-state index in [0.29, 0.717) is 0 Å². The lowest BCUT2D eigenvalue weighted by atomic mass is 10.0. The molecule has 1 aromatic heterocycles. The highest BCUT2D eigenvalue weighted by atomic mass is 79.9. The van der Waals surface area contributed by atoms with E-state index in [4.69, 9.17) is 0 Å². The summed E-state index contributed by atoms with van der Waals surface area (Å²) in [6.45, 7) is 2.01. The van der Waals surface area contributed by atoms with Crippen LogP contribution in [0.2, 0.25) is 0 Å². The third-order valence-corrected chi connectivity index (χ3v) is 5.52. The normalized spacial score (nSPS) is 15.7. The number of fused-ring (bicyclic) bond motifs is 1. The number of aryl methyl sites for hydroxylation is 1. The fraction of sp³-hybridized carbons (Fsp3) is 0.375. The fourth-order valence-corrected chi connectivity index (χ4v) is 4.17. The van der Waals surface area contributed by atoms with Gasteiger partial charge in [-0.2, -0.15) is 4.57 Å². The molecule has 1 aliphatic rings. The minimum absolute atomic E-state index is 0.116. The van der Waals surface area contributed by atoms with Gasteiger partial charge in [-0.1, -0.05) is 39.4 Å². The topological polar surface area (TPSA) is 20.9 Å². The molecule has 2 aromatic rings. The standard InChI is InChI=1S/C16H17BrNOS/c1-11(16(19)12-6-8-13(17)9-7-12)18-10-20-15-5-3-2-4-14(15)18/h6-11H,2-5H2,1H3/q+1. The van der Waals surface area contributed by atoms with Crippen LogP contribution in [-0.2, 0) is 12.8 Å². The summed E-state index contributed by atoms with van der Waals surface area (Å²) in [5, 5.41) is 0. The number of halogens is 1. The number of rotatable bonds is 3. The molecule has 1 unspecified atom stereocenters. The molecule has 0 radical (unpaired) electrons. The Morgan fingerprint density at radius 3 is 2.70 bits per heavy atom. The van der Waals surface area contributed by atoms with E-state index < -0.39 is 0 Å². The smallest absolute Gasteiger partial charge is 0.230 e. The summed E-state index contributed by atoms with van der Waals surface area (Å²) in [7, 11) is 0. The average molecular weight is 351 g/mol. The third-order valence-electron chi connectivity index (χ3n) is 3.93. The van der Waals surface area contributed by atoms with E-state index in [1.165, 1.54) is 29.8 Å². The van der Waals surface area contributed by atoms with Gasteiger partial charge in [0, 0.05) is 23.4 Å². The van der Waals surface area contributed by atoms with Gasteiger partial charge in [0.05, 0.1) is 4.88 Å². The summed E-state index contributed by atoms with van der Waals surface area (Å²) in [6.07, 6.45) is 4.80. The van der Waals surface area contributed by atoms with Crippen molar-refractivity contribution in [2.24, 2.45) is 0 Å². The first kappa shape index (κ1) is 14.0. The number of aromatic nitrogens is 1. The maximum absolute atomic E-state index is 12.6. The lowest BCUT2D eigenvalue weighted by Crippen LogP contribution is -2.44. The van der Waals surface area contributed by atoms with Crippen LogP contribution in [-0.4, -0.2) is 5.78 Å². The molecule has 4 heteroatoms. The van der Waals surface area contributed by atoms with Crippen LogP contribution in [0.1, 0.15) is 46.7 Å². The summed E-state index contributed by atoms with van der Waals surface area (Å²) >= 11 is 5.20. The zero-order valence-corrected chi connectivity index (χ0v) is 13.8. The predicted octanol–water partition coefficient (Wildman–Crippen LogP) is 4.12. The molecule has 3 rings (SSSR count). The van der Waals surface area contributed by atoms with Gasteiger partial charge >= 0.3 is 0 Å². The highest BCUT2D eigenvalue weighted by Gasteiger charge is 2.31. The first-order valence-corrected chi connectivity index (χ1v) is 8.64. The summed E-state index contributed by atoms with van der Waals surface area (Å²) in [5.41, 5.74) is 4.28. The Morgan fingerprint density at radius 2 is 1.95 bits per heavy atom. The Kier molecular flexibility index (Phi) is 4.03. The van der Waals surface area contributed by atoms with Crippen LogP contribution in [0.4, 0.5) is 0 Å². The molecule has 0 aliphatic heterocycles. The second-order valence-corrected chi connectivity index (χ2v) is 7.11. The molecule has 1 aromatic carbocycles. The molecular weight excluding hydrogens is 334 g/mol. The maximum Gasteiger partial charge on any atom is 0.230 e. The van der Waals surface area contributed by atoms with E-state index in [1.807, 2.05) is 31.2 Å². The summed E-state index contributed by atoms with van der Waals surface area (Å²) in [4.78, 5) is 14.1. The number of hydrogen-bond donors (Lipinski definition) is 0. The second kappa shape index (κ2) is 5.78. The van der Waals surface area contributed by atoms with Gasteiger partial charge in [0.15, 0.2) is 5.69 Å². The molecule has 0 fully saturated rings. The molecule has 0 saturated carbocycles. The van der Waals surface area contributed by atoms with Crippen LogP contribution < -0.4 is 4.57 Å². The molecule has 1 aliphatic carbocycles. The molecule has 0 saturated heterocycles. The number of Topliss-reactive ketones (excluding diaryl/α,β-unsaturated/α-hetero) is 1. The van der Waals surface area contributed by atoms with Gasteiger partial charge in [-0.15, -0.1) is 0 Å². The zero-order valence-electron chi connectivity index (χ0n) is 11.4. The summed E-state index contributed by atoms with van der Waals surface area (Å²) in [6, 6.07) is 7.51. The van der Waals surface area contributed by atoms with Crippen molar-refractivity contribution in [3.05, 3.63) is 50.4 Å². The molecule has 1 heterocycles. The van der Waals surface area contributed by atoms with Crippen molar-refractivity contribution in [1.29, 1.82) is 0 Å². The Morgan fingerprint density at radius 1 is 1.25 bits per heavy atom. The average Bonchev–Trinajstić information content (AvgIpc) is 2.90. The monoisotopic (exact) mass is 350 g/mol. The molecule has 0 N–H and O–H groups in total. The first-order chi connectivity index (χ1) is 9.66. The SMILES string of the molecule is CC(C(=O)c1ccc(Br)cc1)[n+]1csc2c1CCCC2.